The molecule has 3 aromatic carbocycles. The SMILES string of the molecule is Cc1ccc(C(=O)Nc2ccc(N3CCCN(C(=O)C4CCCC4)CC3)c(C(=O)NCc3ccc(F)cc3)c2)cc1. The summed E-state index contributed by atoms with van der Waals surface area (Å²) in [5.41, 5.74) is 4.07. The van der Waals surface area contributed by atoms with Crippen LogP contribution in [0.25, 0.3) is 0 Å². The molecule has 2 fully saturated rings. The number of rotatable bonds is 7. The standard InChI is InChI=1S/C33H37FN4O3/c1-23-7-11-25(12-8-23)31(39)36-28-15-16-30(29(21-28)32(40)35-22-24-9-13-27(34)14-10-24)37-17-4-18-38(20-19-37)33(41)26-5-2-3-6-26/h7-16,21,26H,2-6,17-20,22H2,1H3,(H,35,40)(H,36,39). The van der Waals surface area contributed by atoms with Crippen LogP contribution >= 0.6 is 0 Å². The number of amides is 3. The van der Waals surface area contributed by atoms with Crippen LogP contribution in [-0.4, -0.2) is 48.8 Å². The summed E-state index contributed by atoms with van der Waals surface area (Å²) in [4.78, 5) is 43.6. The summed E-state index contributed by atoms with van der Waals surface area (Å²) in [6, 6.07) is 18.7. The Morgan fingerprint density at radius 2 is 1.56 bits per heavy atom. The molecule has 0 atom stereocenters. The van der Waals surface area contributed by atoms with Gasteiger partial charge < -0.3 is 20.4 Å². The number of carbonyl (C=O) groups excluding carboxylic acids is 3. The Morgan fingerprint density at radius 3 is 2.29 bits per heavy atom. The Labute approximate surface area is 240 Å². The molecule has 1 saturated carbocycles. The van der Waals surface area contributed by atoms with E-state index in [0.29, 0.717) is 43.0 Å². The molecule has 0 radical (unpaired) electrons. The number of carbonyl (C=O) groups is 3. The fraction of sp³-hybridized carbons (Fsp3) is 0.364. The van der Waals surface area contributed by atoms with E-state index in [0.717, 1.165) is 48.9 Å². The smallest absolute Gasteiger partial charge is 0.255 e. The largest absolute Gasteiger partial charge is 0.369 e. The van der Waals surface area contributed by atoms with E-state index in [1.54, 1.807) is 30.3 Å². The van der Waals surface area contributed by atoms with Crippen LogP contribution in [0.4, 0.5) is 15.8 Å². The number of hydrogen-bond acceptors (Lipinski definition) is 4. The molecule has 2 aliphatic rings. The molecule has 1 aliphatic heterocycles. The van der Waals surface area contributed by atoms with E-state index >= 15 is 0 Å². The first-order valence-electron chi connectivity index (χ1n) is 14.5. The van der Waals surface area contributed by atoms with Gasteiger partial charge in [-0.2, -0.15) is 0 Å². The van der Waals surface area contributed by atoms with E-state index in [-0.39, 0.29) is 36.0 Å². The molecular formula is C33H37FN4O3. The van der Waals surface area contributed by atoms with Gasteiger partial charge in [0.1, 0.15) is 5.82 Å². The van der Waals surface area contributed by atoms with Gasteiger partial charge in [-0.1, -0.05) is 42.7 Å². The van der Waals surface area contributed by atoms with Gasteiger partial charge in [-0.05, 0) is 74.2 Å². The van der Waals surface area contributed by atoms with Gasteiger partial charge in [0.05, 0.1) is 5.56 Å². The molecule has 3 aromatic rings. The molecule has 1 saturated heterocycles. The fourth-order valence-corrected chi connectivity index (χ4v) is 5.67. The summed E-state index contributed by atoms with van der Waals surface area (Å²) in [7, 11) is 0. The summed E-state index contributed by atoms with van der Waals surface area (Å²) in [6.45, 7) is 4.85. The zero-order chi connectivity index (χ0) is 28.8. The first kappa shape index (κ1) is 28.3. The fourth-order valence-electron chi connectivity index (χ4n) is 5.67. The first-order chi connectivity index (χ1) is 19.9. The van der Waals surface area contributed by atoms with Crippen molar-refractivity contribution in [1.29, 1.82) is 0 Å². The number of hydrogen-bond donors (Lipinski definition) is 2. The van der Waals surface area contributed by atoms with E-state index < -0.39 is 0 Å². The molecular weight excluding hydrogens is 519 g/mol. The third-order valence-electron chi connectivity index (χ3n) is 8.03. The van der Waals surface area contributed by atoms with Crippen LogP contribution in [0.15, 0.2) is 66.7 Å². The van der Waals surface area contributed by atoms with Crippen LogP contribution in [0.5, 0.6) is 0 Å². The van der Waals surface area contributed by atoms with E-state index in [4.69, 9.17) is 0 Å². The van der Waals surface area contributed by atoms with Crippen molar-refractivity contribution in [1.82, 2.24) is 10.2 Å². The minimum absolute atomic E-state index is 0.144. The van der Waals surface area contributed by atoms with E-state index in [2.05, 4.69) is 15.5 Å². The maximum absolute atomic E-state index is 13.5. The maximum Gasteiger partial charge on any atom is 0.255 e. The Hall–Kier alpha value is -4.20. The highest BCUT2D eigenvalue weighted by molar-refractivity contribution is 6.06. The molecule has 214 valence electrons. The predicted octanol–water partition coefficient (Wildman–Crippen LogP) is 5.55. The van der Waals surface area contributed by atoms with Gasteiger partial charge >= 0.3 is 0 Å². The number of nitrogens with one attached hydrogen (secondary N) is 2. The summed E-state index contributed by atoms with van der Waals surface area (Å²) >= 11 is 0. The van der Waals surface area contributed by atoms with Crippen LogP contribution in [0.2, 0.25) is 0 Å². The summed E-state index contributed by atoms with van der Waals surface area (Å²) < 4.78 is 13.3. The second kappa shape index (κ2) is 13.0. The predicted molar refractivity (Wildman–Crippen MR) is 159 cm³/mol. The second-order valence-corrected chi connectivity index (χ2v) is 11.0. The molecule has 41 heavy (non-hydrogen) atoms. The van der Waals surface area contributed by atoms with Crippen molar-refractivity contribution in [2.24, 2.45) is 5.92 Å². The number of nitrogens with zero attached hydrogens (tertiary/aromatic N) is 2. The summed E-state index contributed by atoms with van der Waals surface area (Å²) in [6.07, 6.45) is 5.01. The molecule has 0 spiro atoms. The molecule has 1 heterocycles. The summed E-state index contributed by atoms with van der Waals surface area (Å²) in [5, 5.41) is 5.86. The van der Waals surface area contributed by atoms with Crippen LogP contribution in [0, 0.1) is 18.7 Å². The van der Waals surface area contributed by atoms with Crippen molar-refractivity contribution in [3.8, 4) is 0 Å². The lowest BCUT2D eigenvalue weighted by Crippen LogP contribution is -2.38. The van der Waals surface area contributed by atoms with Crippen LogP contribution in [0.1, 0.15) is 63.9 Å². The van der Waals surface area contributed by atoms with Crippen molar-refractivity contribution in [3.63, 3.8) is 0 Å². The molecule has 5 rings (SSSR count). The molecule has 3 amide bonds. The molecule has 0 unspecified atom stereocenters. The minimum Gasteiger partial charge on any atom is -0.369 e. The van der Waals surface area contributed by atoms with Crippen molar-refractivity contribution >= 4 is 29.1 Å². The van der Waals surface area contributed by atoms with E-state index in [1.807, 2.05) is 36.1 Å². The zero-order valence-electron chi connectivity index (χ0n) is 23.5. The zero-order valence-corrected chi connectivity index (χ0v) is 23.5. The molecule has 7 nitrogen and oxygen atoms in total. The lowest BCUT2D eigenvalue weighted by atomic mass is 10.1. The average molecular weight is 557 g/mol. The summed E-state index contributed by atoms with van der Waals surface area (Å²) in [5.74, 6) is -0.479. The molecule has 8 heteroatoms. The van der Waals surface area contributed by atoms with Gasteiger partial charge in [-0.25, -0.2) is 4.39 Å². The Balaban J connectivity index is 1.35. The minimum atomic E-state index is -0.332. The van der Waals surface area contributed by atoms with Crippen LogP contribution in [0.3, 0.4) is 0 Å². The molecule has 1 aliphatic carbocycles. The second-order valence-electron chi connectivity index (χ2n) is 11.0. The van der Waals surface area contributed by atoms with Crippen molar-refractivity contribution in [3.05, 3.63) is 94.8 Å². The highest BCUT2D eigenvalue weighted by Gasteiger charge is 2.29. The third-order valence-corrected chi connectivity index (χ3v) is 8.03. The van der Waals surface area contributed by atoms with Gasteiger partial charge in [0, 0.05) is 55.6 Å². The lowest BCUT2D eigenvalue weighted by molar-refractivity contribution is -0.135. The van der Waals surface area contributed by atoms with E-state index in [1.165, 1.54) is 12.1 Å². The topological polar surface area (TPSA) is 81.8 Å². The average Bonchev–Trinajstić information content (AvgIpc) is 3.41. The first-order valence-corrected chi connectivity index (χ1v) is 14.5. The molecule has 2 N–H and O–H groups in total. The number of halogens is 1. The Kier molecular flexibility index (Phi) is 8.97. The monoisotopic (exact) mass is 556 g/mol. The highest BCUT2D eigenvalue weighted by Crippen LogP contribution is 2.29. The van der Waals surface area contributed by atoms with Crippen molar-refractivity contribution in [2.45, 2.75) is 45.6 Å². The Morgan fingerprint density at radius 1 is 0.829 bits per heavy atom. The lowest BCUT2D eigenvalue weighted by Gasteiger charge is -2.27. The number of aryl methyl sites for hydroxylation is 1. The number of anilines is 2. The Bertz CT molecular complexity index is 1380. The van der Waals surface area contributed by atoms with Crippen molar-refractivity contribution < 1.29 is 18.8 Å². The number of benzene rings is 3. The van der Waals surface area contributed by atoms with Crippen molar-refractivity contribution in [2.75, 3.05) is 36.4 Å². The third kappa shape index (κ3) is 7.12. The van der Waals surface area contributed by atoms with Gasteiger partial charge in [0.25, 0.3) is 11.8 Å². The molecule has 0 bridgehead atoms. The maximum atomic E-state index is 13.5. The van der Waals surface area contributed by atoms with Crippen LogP contribution < -0.4 is 15.5 Å². The normalized spacial score (nSPS) is 15.9. The highest BCUT2D eigenvalue weighted by atomic mass is 19.1. The van der Waals surface area contributed by atoms with Gasteiger partial charge in [0.15, 0.2) is 0 Å². The van der Waals surface area contributed by atoms with Gasteiger partial charge in [-0.15, -0.1) is 0 Å². The van der Waals surface area contributed by atoms with Gasteiger partial charge in [-0.3, -0.25) is 14.4 Å². The quantitative estimate of drug-likeness (QED) is 0.400. The van der Waals surface area contributed by atoms with Gasteiger partial charge in [0.2, 0.25) is 5.91 Å². The van der Waals surface area contributed by atoms with E-state index in [9.17, 15) is 18.8 Å². The molecule has 0 aromatic heterocycles. The van der Waals surface area contributed by atoms with Crippen LogP contribution in [-0.2, 0) is 11.3 Å².